The first-order valence-corrected chi connectivity index (χ1v) is 13.3. The SMILES string of the molecule is COc1ccc(CN(c2scnc2C(=O)OC(C)(C)C)S(=O)(=O)c2ccc(CC(=O)C=O)c(F)c2)cc1. The molecule has 37 heavy (non-hydrogen) atoms. The van der Waals surface area contributed by atoms with E-state index in [9.17, 15) is 27.2 Å². The van der Waals surface area contributed by atoms with E-state index in [1.165, 1.54) is 12.6 Å². The van der Waals surface area contributed by atoms with E-state index in [1.54, 1.807) is 45.0 Å². The molecule has 3 rings (SSSR count). The van der Waals surface area contributed by atoms with Crippen molar-refractivity contribution in [3.05, 3.63) is 70.6 Å². The second-order valence-electron chi connectivity index (χ2n) is 8.88. The Hall–Kier alpha value is -3.64. The van der Waals surface area contributed by atoms with Crippen molar-refractivity contribution in [2.45, 2.75) is 44.2 Å². The number of benzene rings is 2. The van der Waals surface area contributed by atoms with Crippen molar-refractivity contribution in [2.24, 2.45) is 0 Å². The van der Waals surface area contributed by atoms with Gasteiger partial charge in [-0.3, -0.25) is 13.9 Å². The summed E-state index contributed by atoms with van der Waals surface area (Å²) in [6, 6.07) is 9.67. The van der Waals surface area contributed by atoms with Crippen molar-refractivity contribution in [3.63, 3.8) is 0 Å². The van der Waals surface area contributed by atoms with Gasteiger partial charge in [0.2, 0.25) is 0 Å². The van der Waals surface area contributed by atoms with Gasteiger partial charge in [-0.2, -0.15) is 0 Å². The number of anilines is 1. The molecule has 196 valence electrons. The highest BCUT2D eigenvalue weighted by atomic mass is 32.2. The van der Waals surface area contributed by atoms with Crippen molar-refractivity contribution in [3.8, 4) is 5.75 Å². The predicted molar refractivity (Wildman–Crippen MR) is 135 cm³/mol. The summed E-state index contributed by atoms with van der Waals surface area (Å²) < 4.78 is 53.8. The minimum Gasteiger partial charge on any atom is -0.497 e. The number of esters is 1. The number of thiazole rings is 1. The predicted octanol–water partition coefficient (Wildman–Crippen LogP) is 3.95. The van der Waals surface area contributed by atoms with Crippen molar-refractivity contribution in [2.75, 3.05) is 11.4 Å². The van der Waals surface area contributed by atoms with Gasteiger partial charge in [0.15, 0.2) is 17.8 Å². The van der Waals surface area contributed by atoms with Crippen LogP contribution in [0.3, 0.4) is 0 Å². The number of hydrogen-bond donors (Lipinski definition) is 0. The number of carbonyl (C=O) groups excluding carboxylic acids is 3. The lowest BCUT2D eigenvalue weighted by molar-refractivity contribution is -0.129. The van der Waals surface area contributed by atoms with E-state index in [0.29, 0.717) is 11.3 Å². The van der Waals surface area contributed by atoms with Crippen LogP contribution in [0.4, 0.5) is 9.39 Å². The number of aromatic nitrogens is 1. The van der Waals surface area contributed by atoms with Crippen molar-refractivity contribution >= 4 is 44.4 Å². The average molecular weight is 549 g/mol. The Morgan fingerprint density at radius 2 is 1.81 bits per heavy atom. The zero-order valence-corrected chi connectivity index (χ0v) is 22.2. The van der Waals surface area contributed by atoms with Crippen LogP contribution in [0.1, 0.15) is 42.4 Å². The molecule has 0 bridgehead atoms. The van der Waals surface area contributed by atoms with Crippen LogP contribution >= 0.6 is 11.3 Å². The molecule has 0 aliphatic heterocycles. The fourth-order valence-corrected chi connectivity index (χ4v) is 5.72. The molecule has 3 aromatic rings. The molecule has 0 unspecified atom stereocenters. The molecule has 0 amide bonds. The fourth-order valence-electron chi connectivity index (χ4n) is 3.23. The number of methoxy groups -OCH3 is 1. The van der Waals surface area contributed by atoms with Gasteiger partial charge < -0.3 is 9.47 Å². The quantitative estimate of drug-likeness (QED) is 0.212. The van der Waals surface area contributed by atoms with Gasteiger partial charge in [0.05, 0.1) is 24.1 Å². The Bertz CT molecular complexity index is 1410. The molecule has 0 saturated heterocycles. The number of nitrogens with zero attached hydrogens (tertiary/aromatic N) is 2. The number of hydrogen-bond acceptors (Lipinski definition) is 9. The topological polar surface area (TPSA) is 120 Å². The van der Waals surface area contributed by atoms with Crippen molar-refractivity contribution < 1.29 is 36.7 Å². The summed E-state index contributed by atoms with van der Waals surface area (Å²) in [5.41, 5.74) is 0.701. The second kappa shape index (κ2) is 11.2. The molecule has 0 aliphatic rings. The summed E-state index contributed by atoms with van der Waals surface area (Å²) in [4.78, 5) is 38.5. The maximum atomic E-state index is 14.7. The standard InChI is InChI=1S/C25H25FN2O7S2/c1-25(2,3)35-24(31)22-23(36-15-27-22)28(13-16-5-8-19(34-4)9-6-16)37(32,33)20-10-7-17(21(26)12-20)11-18(30)14-29/h5-10,12,14-15H,11,13H2,1-4H3. The molecule has 0 saturated carbocycles. The summed E-state index contributed by atoms with van der Waals surface area (Å²) in [7, 11) is -2.94. The first-order chi connectivity index (χ1) is 17.4. The minimum absolute atomic E-state index is 0.00862. The molecule has 0 fully saturated rings. The first-order valence-electron chi connectivity index (χ1n) is 10.9. The highest BCUT2D eigenvalue weighted by Crippen LogP contribution is 2.34. The van der Waals surface area contributed by atoms with Gasteiger partial charge >= 0.3 is 5.97 Å². The lowest BCUT2D eigenvalue weighted by Crippen LogP contribution is -2.32. The van der Waals surface area contributed by atoms with E-state index in [0.717, 1.165) is 33.8 Å². The summed E-state index contributed by atoms with van der Waals surface area (Å²) in [6.07, 6.45) is -0.425. The third-order valence-corrected chi connectivity index (χ3v) is 7.67. The maximum absolute atomic E-state index is 14.7. The number of carbonyl (C=O) groups is 3. The van der Waals surface area contributed by atoms with Crippen LogP contribution in [0, 0.1) is 5.82 Å². The molecule has 12 heteroatoms. The molecule has 2 aromatic carbocycles. The Morgan fingerprint density at radius 1 is 1.14 bits per heavy atom. The van der Waals surface area contributed by atoms with Gasteiger partial charge in [-0.15, -0.1) is 11.3 Å². The summed E-state index contributed by atoms with van der Waals surface area (Å²) >= 11 is 0.912. The monoisotopic (exact) mass is 548 g/mol. The normalized spacial score (nSPS) is 11.6. The molecular weight excluding hydrogens is 523 g/mol. The lowest BCUT2D eigenvalue weighted by atomic mass is 10.1. The van der Waals surface area contributed by atoms with E-state index in [4.69, 9.17) is 9.47 Å². The number of sulfonamides is 1. The number of ketones is 1. The summed E-state index contributed by atoms with van der Waals surface area (Å²) in [6.45, 7) is 4.80. The van der Waals surface area contributed by atoms with Crippen LogP contribution in [0.2, 0.25) is 0 Å². The summed E-state index contributed by atoms with van der Waals surface area (Å²) in [5.74, 6) is -2.06. The van der Waals surface area contributed by atoms with E-state index in [-0.39, 0.29) is 29.1 Å². The van der Waals surface area contributed by atoms with Crippen molar-refractivity contribution in [1.82, 2.24) is 4.98 Å². The van der Waals surface area contributed by atoms with Crippen LogP contribution in [0.25, 0.3) is 0 Å². The third kappa shape index (κ3) is 6.77. The molecule has 0 radical (unpaired) electrons. The van der Waals surface area contributed by atoms with Gasteiger partial charge in [-0.1, -0.05) is 18.2 Å². The summed E-state index contributed by atoms with van der Waals surface area (Å²) in [5, 5.41) is -0.00862. The molecule has 0 atom stereocenters. The Balaban J connectivity index is 2.09. The number of ether oxygens (including phenoxy) is 2. The highest BCUT2D eigenvalue weighted by Gasteiger charge is 2.33. The van der Waals surface area contributed by atoms with E-state index in [1.807, 2.05) is 0 Å². The Kier molecular flexibility index (Phi) is 8.44. The highest BCUT2D eigenvalue weighted by molar-refractivity contribution is 7.93. The molecule has 0 spiro atoms. The third-order valence-electron chi connectivity index (χ3n) is 4.96. The fraction of sp³-hybridized carbons (Fsp3) is 0.280. The van der Waals surface area contributed by atoms with E-state index >= 15 is 0 Å². The number of Topliss-reactive ketones (excluding diaryl/α,β-unsaturated/α-hetero) is 1. The Morgan fingerprint density at radius 3 is 2.38 bits per heavy atom. The molecular formula is C25H25FN2O7S2. The van der Waals surface area contributed by atoms with Crippen LogP contribution in [-0.2, 0) is 37.3 Å². The van der Waals surface area contributed by atoms with E-state index in [2.05, 4.69) is 4.98 Å². The van der Waals surface area contributed by atoms with Gasteiger partial charge in [-0.25, -0.2) is 22.6 Å². The molecule has 1 aromatic heterocycles. The van der Waals surface area contributed by atoms with Crippen LogP contribution in [0.15, 0.2) is 52.9 Å². The first kappa shape index (κ1) is 27.9. The van der Waals surface area contributed by atoms with Crippen LogP contribution < -0.4 is 9.04 Å². The van der Waals surface area contributed by atoms with Gasteiger partial charge in [0.1, 0.15) is 22.2 Å². The largest absolute Gasteiger partial charge is 0.497 e. The number of aldehydes is 1. The zero-order chi connectivity index (χ0) is 27.4. The maximum Gasteiger partial charge on any atom is 0.360 e. The Labute approximate surface area is 217 Å². The van der Waals surface area contributed by atoms with Gasteiger partial charge in [-0.05, 0) is 56.2 Å². The molecule has 9 nitrogen and oxygen atoms in total. The molecule has 1 heterocycles. The molecule has 0 N–H and O–H groups in total. The second-order valence-corrected chi connectivity index (χ2v) is 11.6. The van der Waals surface area contributed by atoms with E-state index < -0.39 is 44.5 Å². The van der Waals surface area contributed by atoms with Crippen LogP contribution in [-0.4, -0.2) is 44.2 Å². The number of rotatable bonds is 10. The van der Waals surface area contributed by atoms with Gasteiger partial charge in [0, 0.05) is 6.42 Å². The average Bonchev–Trinajstić information content (AvgIpc) is 3.32. The zero-order valence-electron chi connectivity index (χ0n) is 20.6. The number of halogens is 1. The minimum atomic E-state index is -4.44. The van der Waals surface area contributed by atoms with Crippen LogP contribution in [0.5, 0.6) is 5.75 Å². The molecule has 0 aliphatic carbocycles. The smallest absolute Gasteiger partial charge is 0.360 e. The lowest BCUT2D eigenvalue weighted by Gasteiger charge is -2.25. The van der Waals surface area contributed by atoms with Crippen molar-refractivity contribution in [1.29, 1.82) is 0 Å². The van der Waals surface area contributed by atoms with Gasteiger partial charge in [0.25, 0.3) is 10.0 Å².